The highest BCUT2D eigenvalue weighted by Crippen LogP contribution is 2.13. The summed E-state index contributed by atoms with van der Waals surface area (Å²) in [6.07, 6.45) is 3.55. The Balaban J connectivity index is 2.74. The van der Waals surface area contributed by atoms with Crippen LogP contribution in [0.1, 0.15) is 39.5 Å². The van der Waals surface area contributed by atoms with Crippen LogP contribution in [0.5, 0.6) is 0 Å². The summed E-state index contributed by atoms with van der Waals surface area (Å²) in [6, 6.07) is 5.35. The molecule has 0 aliphatic heterocycles. The van der Waals surface area contributed by atoms with E-state index in [-0.39, 0.29) is 4.90 Å². The fraction of sp³-hybridized carbons (Fsp3) is 0.500. The van der Waals surface area contributed by atoms with Crippen LogP contribution >= 0.6 is 0 Å². The van der Waals surface area contributed by atoms with Crippen molar-refractivity contribution in [3.63, 3.8) is 0 Å². The number of sulfonamides is 1. The fourth-order valence-corrected chi connectivity index (χ4v) is 2.58. The van der Waals surface area contributed by atoms with Gasteiger partial charge in [0.1, 0.15) is 0 Å². The van der Waals surface area contributed by atoms with Crippen molar-refractivity contribution >= 4 is 27.5 Å². The summed E-state index contributed by atoms with van der Waals surface area (Å²) in [4.78, 5) is 25.9. The van der Waals surface area contributed by atoms with E-state index in [1.807, 2.05) is 13.8 Å². The van der Waals surface area contributed by atoms with Gasteiger partial charge in [-0.05, 0) is 37.1 Å². The van der Waals surface area contributed by atoms with E-state index >= 15 is 0 Å². The Morgan fingerprint density at radius 3 is 1.96 bits per heavy atom. The molecule has 0 heterocycles. The average molecular weight is 355 g/mol. The molecular weight excluding hydrogens is 330 g/mol. The number of hydrogen-bond acceptors (Lipinski definition) is 4. The van der Waals surface area contributed by atoms with Gasteiger partial charge in [-0.25, -0.2) is 13.6 Å². The molecule has 8 heteroatoms. The van der Waals surface area contributed by atoms with Crippen molar-refractivity contribution < 1.29 is 18.0 Å². The van der Waals surface area contributed by atoms with Gasteiger partial charge in [0.25, 0.3) is 0 Å². The first-order valence-electron chi connectivity index (χ1n) is 8.02. The predicted octanol–water partition coefficient (Wildman–Crippen LogP) is 1.70. The SMILES string of the molecule is CCCCN(CCCC)C(=O)C(=O)Nc1ccc(S(N)(=O)=O)cc1. The second kappa shape index (κ2) is 9.39. The van der Waals surface area contributed by atoms with Gasteiger partial charge in [-0.3, -0.25) is 9.59 Å². The molecule has 1 rings (SSSR count). The summed E-state index contributed by atoms with van der Waals surface area (Å²) < 4.78 is 22.4. The number of nitrogens with zero attached hydrogens (tertiary/aromatic N) is 1. The lowest BCUT2D eigenvalue weighted by Gasteiger charge is -2.21. The fourth-order valence-electron chi connectivity index (χ4n) is 2.07. The van der Waals surface area contributed by atoms with E-state index in [4.69, 9.17) is 5.14 Å². The number of primary sulfonamides is 1. The average Bonchev–Trinajstić information content (AvgIpc) is 2.54. The minimum atomic E-state index is -3.79. The highest BCUT2D eigenvalue weighted by molar-refractivity contribution is 7.89. The Morgan fingerprint density at radius 2 is 1.54 bits per heavy atom. The Kier molecular flexibility index (Phi) is 7.87. The van der Waals surface area contributed by atoms with Crippen molar-refractivity contribution in [2.45, 2.75) is 44.4 Å². The molecule has 134 valence electrons. The largest absolute Gasteiger partial charge is 0.334 e. The van der Waals surface area contributed by atoms with E-state index in [2.05, 4.69) is 5.32 Å². The van der Waals surface area contributed by atoms with Crippen LogP contribution in [0.2, 0.25) is 0 Å². The van der Waals surface area contributed by atoms with Crippen molar-refractivity contribution in [2.24, 2.45) is 5.14 Å². The van der Waals surface area contributed by atoms with Crippen molar-refractivity contribution in [3.8, 4) is 0 Å². The first-order valence-corrected chi connectivity index (χ1v) is 9.57. The number of rotatable bonds is 8. The number of nitrogens with two attached hydrogens (primary N) is 1. The zero-order valence-electron chi connectivity index (χ0n) is 14.1. The molecule has 0 aromatic heterocycles. The number of carbonyl (C=O) groups is 2. The molecule has 0 aliphatic rings. The monoisotopic (exact) mass is 355 g/mol. The summed E-state index contributed by atoms with van der Waals surface area (Å²) >= 11 is 0. The lowest BCUT2D eigenvalue weighted by atomic mass is 10.2. The maximum Gasteiger partial charge on any atom is 0.313 e. The molecule has 24 heavy (non-hydrogen) atoms. The third kappa shape index (κ3) is 6.29. The Bertz CT molecular complexity index is 648. The van der Waals surface area contributed by atoms with Gasteiger partial charge in [-0.2, -0.15) is 0 Å². The molecule has 3 N–H and O–H groups in total. The van der Waals surface area contributed by atoms with E-state index in [0.717, 1.165) is 25.7 Å². The maximum absolute atomic E-state index is 12.3. The quantitative estimate of drug-likeness (QED) is 0.692. The topological polar surface area (TPSA) is 110 Å². The molecule has 1 aromatic carbocycles. The van der Waals surface area contributed by atoms with Crippen LogP contribution in [0.4, 0.5) is 5.69 Å². The standard InChI is InChI=1S/C16H25N3O4S/c1-3-5-11-19(12-6-4-2)16(21)15(20)18-13-7-9-14(10-8-13)24(17,22)23/h7-10H,3-6,11-12H2,1-2H3,(H,18,20)(H2,17,22,23). The lowest BCUT2D eigenvalue weighted by molar-refractivity contribution is -0.143. The van der Waals surface area contributed by atoms with E-state index in [0.29, 0.717) is 18.8 Å². The number of anilines is 1. The van der Waals surface area contributed by atoms with Crippen molar-refractivity contribution in [3.05, 3.63) is 24.3 Å². The van der Waals surface area contributed by atoms with Crippen LogP contribution in [-0.4, -0.2) is 38.2 Å². The summed E-state index contributed by atoms with van der Waals surface area (Å²) in [5.74, 6) is -1.31. The first-order chi connectivity index (χ1) is 11.3. The zero-order valence-corrected chi connectivity index (χ0v) is 14.9. The summed E-state index contributed by atoms with van der Waals surface area (Å²) in [6.45, 7) is 5.14. The zero-order chi connectivity index (χ0) is 18.2. The number of carbonyl (C=O) groups excluding carboxylic acids is 2. The van der Waals surface area contributed by atoms with Gasteiger partial charge < -0.3 is 10.2 Å². The molecule has 0 fully saturated rings. The number of unbranched alkanes of at least 4 members (excludes halogenated alkanes) is 2. The number of benzene rings is 1. The maximum atomic E-state index is 12.3. The highest BCUT2D eigenvalue weighted by Gasteiger charge is 2.21. The van der Waals surface area contributed by atoms with Crippen LogP contribution in [0, 0.1) is 0 Å². The Hall–Kier alpha value is -1.93. The van der Waals surface area contributed by atoms with E-state index < -0.39 is 21.8 Å². The smallest absolute Gasteiger partial charge is 0.313 e. The van der Waals surface area contributed by atoms with Gasteiger partial charge in [0.2, 0.25) is 10.0 Å². The molecule has 0 unspecified atom stereocenters. The molecule has 0 saturated heterocycles. The number of amides is 2. The molecule has 0 atom stereocenters. The van der Waals surface area contributed by atoms with Crippen molar-refractivity contribution in [2.75, 3.05) is 18.4 Å². The van der Waals surface area contributed by atoms with Gasteiger partial charge in [0.15, 0.2) is 0 Å². The molecule has 7 nitrogen and oxygen atoms in total. The lowest BCUT2D eigenvalue weighted by Crippen LogP contribution is -2.40. The molecule has 0 aliphatic carbocycles. The van der Waals surface area contributed by atoms with Crippen LogP contribution in [0.3, 0.4) is 0 Å². The van der Waals surface area contributed by atoms with E-state index in [1.165, 1.54) is 24.3 Å². The van der Waals surface area contributed by atoms with Crippen molar-refractivity contribution in [1.82, 2.24) is 4.90 Å². The Labute approximate surface area is 143 Å². The van der Waals surface area contributed by atoms with Gasteiger partial charge in [-0.1, -0.05) is 26.7 Å². The van der Waals surface area contributed by atoms with E-state index in [9.17, 15) is 18.0 Å². The first kappa shape index (κ1) is 20.1. The van der Waals surface area contributed by atoms with Crippen LogP contribution in [0.25, 0.3) is 0 Å². The van der Waals surface area contributed by atoms with Crippen LogP contribution < -0.4 is 10.5 Å². The number of hydrogen-bond donors (Lipinski definition) is 2. The Morgan fingerprint density at radius 1 is 1.04 bits per heavy atom. The van der Waals surface area contributed by atoms with Gasteiger partial charge in [-0.15, -0.1) is 0 Å². The van der Waals surface area contributed by atoms with Crippen LogP contribution in [-0.2, 0) is 19.6 Å². The molecule has 1 aromatic rings. The third-order valence-corrected chi connectivity index (χ3v) is 4.41. The highest BCUT2D eigenvalue weighted by atomic mass is 32.2. The molecule has 0 bridgehead atoms. The minimum Gasteiger partial charge on any atom is -0.334 e. The third-order valence-electron chi connectivity index (χ3n) is 3.49. The van der Waals surface area contributed by atoms with Crippen molar-refractivity contribution in [1.29, 1.82) is 0 Å². The molecule has 0 spiro atoms. The summed E-state index contributed by atoms with van der Waals surface area (Å²) in [7, 11) is -3.79. The predicted molar refractivity (Wildman–Crippen MR) is 92.8 cm³/mol. The normalized spacial score (nSPS) is 11.1. The second-order valence-electron chi connectivity index (χ2n) is 5.52. The van der Waals surface area contributed by atoms with Gasteiger partial charge >= 0.3 is 11.8 Å². The van der Waals surface area contributed by atoms with E-state index in [1.54, 1.807) is 4.90 Å². The van der Waals surface area contributed by atoms with Crippen LogP contribution in [0.15, 0.2) is 29.2 Å². The molecular formula is C16H25N3O4S. The summed E-state index contributed by atoms with van der Waals surface area (Å²) in [5, 5.41) is 7.50. The number of nitrogens with one attached hydrogen (secondary N) is 1. The summed E-state index contributed by atoms with van der Waals surface area (Å²) in [5.41, 5.74) is 0.340. The minimum absolute atomic E-state index is 0.0562. The molecule has 2 amide bonds. The molecule has 0 saturated carbocycles. The van der Waals surface area contributed by atoms with Gasteiger partial charge in [0.05, 0.1) is 4.90 Å². The van der Waals surface area contributed by atoms with Gasteiger partial charge in [0, 0.05) is 18.8 Å². The second-order valence-corrected chi connectivity index (χ2v) is 7.08. The molecule has 0 radical (unpaired) electrons.